The molecule has 1 N–H and O–H groups in total. The summed E-state index contributed by atoms with van der Waals surface area (Å²) in [6.45, 7) is 4.09. The minimum absolute atomic E-state index is 0.435. The second kappa shape index (κ2) is 7.18. The first-order chi connectivity index (χ1) is 13.1. The molecule has 5 heteroatoms. The van der Waals surface area contributed by atoms with Gasteiger partial charge in [-0.2, -0.15) is 5.26 Å². The Morgan fingerprint density at radius 2 is 1.85 bits per heavy atom. The Hall–Kier alpha value is -3.23. The molecule has 2 heterocycles. The van der Waals surface area contributed by atoms with Gasteiger partial charge in [-0.15, -0.1) is 0 Å². The molecule has 4 nitrogen and oxygen atoms in total. The number of furan rings is 1. The number of nitriles is 1. The van der Waals surface area contributed by atoms with E-state index in [1.807, 2.05) is 37.3 Å². The van der Waals surface area contributed by atoms with E-state index in [4.69, 9.17) is 4.42 Å². The second-order valence-electron chi connectivity index (χ2n) is 6.35. The van der Waals surface area contributed by atoms with Crippen LogP contribution < -0.4 is 0 Å². The molecule has 4 rings (SSSR count). The molecular weight excluding hydrogens is 354 g/mol. The molecule has 132 valence electrons. The topological polar surface area (TPSA) is 65.6 Å². The maximum absolute atomic E-state index is 9.56. The van der Waals surface area contributed by atoms with Crippen molar-refractivity contribution in [2.24, 2.45) is 0 Å². The number of hydrogen-bond acceptors (Lipinski definition) is 4. The third-order valence-corrected chi connectivity index (χ3v) is 5.07. The van der Waals surface area contributed by atoms with Crippen LogP contribution in [0.2, 0.25) is 0 Å². The lowest BCUT2D eigenvalue weighted by Crippen LogP contribution is -1.84. The van der Waals surface area contributed by atoms with Gasteiger partial charge in [0.15, 0.2) is 5.09 Å². The zero-order chi connectivity index (χ0) is 18.8. The molecule has 0 radical (unpaired) electrons. The molecular formula is C22H17N3OS. The fraction of sp³-hybridized carbons (Fsp3) is 0.0909. The van der Waals surface area contributed by atoms with Gasteiger partial charge in [-0.05, 0) is 55.8 Å². The minimum Gasteiger partial charge on any atom is -0.450 e. The normalized spacial score (nSPS) is 11.7. The number of fused-ring (bicyclic) bond motifs is 1. The van der Waals surface area contributed by atoms with Crippen LogP contribution in [-0.2, 0) is 0 Å². The first-order valence-electron chi connectivity index (χ1n) is 8.53. The summed E-state index contributed by atoms with van der Waals surface area (Å²) < 4.78 is 5.86. The van der Waals surface area contributed by atoms with Crippen molar-refractivity contribution in [1.29, 1.82) is 5.26 Å². The third-order valence-electron chi connectivity index (χ3n) is 4.14. The molecule has 0 aliphatic rings. The number of nitrogens with one attached hydrogen (secondary N) is 1. The molecule has 0 spiro atoms. The van der Waals surface area contributed by atoms with Gasteiger partial charge in [-0.25, -0.2) is 4.98 Å². The van der Waals surface area contributed by atoms with Gasteiger partial charge in [0.1, 0.15) is 17.7 Å². The van der Waals surface area contributed by atoms with Crippen LogP contribution in [0.25, 0.3) is 22.7 Å². The van der Waals surface area contributed by atoms with Crippen LogP contribution in [0.15, 0.2) is 69.0 Å². The Labute approximate surface area is 161 Å². The highest BCUT2D eigenvalue weighted by Crippen LogP contribution is 2.30. The molecule has 0 aliphatic carbocycles. The number of imidazole rings is 1. The van der Waals surface area contributed by atoms with Crippen molar-refractivity contribution < 1.29 is 4.42 Å². The van der Waals surface area contributed by atoms with Gasteiger partial charge in [0, 0.05) is 11.0 Å². The van der Waals surface area contributed by atoms with Crippen molar-refractivity contribution in [3.05, 3.63) is 77.3 Å². The number of aryl methyl sites for hydroxylation is 2. The number of hydrogen-bond donors (Lipinski definition) is 1. The summed E-state index contributed by atoms with van der Waals surface area (Å²) in [6.07, 6.45) is 1.71. The second-order valence-corrected chi connectivity index (χ2v) is 7.43. The number of nitrogens with zero attached hydrogens (tertiary/aromatic N) is 2. The number of aromatic nitrogens is 2. The van der Waals surface area contributed by atoms with Crippen molar-refractivity contribution in [3.63, 3.8) is 0 Å². The van der Waals surface area contributed by atoms with E-state index in [9.17, 15) is 5.26 Å². The van der Waals surface area contributed by atoms with Crippen molar-refractivity contribution >= 4 is 34.4 Å². The molecule has 27 heavy (non-hydrogen) atoms. The van der Waals surface area contributed by atoms with Crippen LogP contribution in [0.4, 0.5) is 0 Å². The summed E-state index contributed by atoms with van der Waals surface area (Å²) in [5, 5.41) is 10.3. The largest absolute Gasteiger partial charge is 0.450 e. The zero-order valence-corrected chi connectivity index (χ0v) is 15.8. The SMILES string of the molecule is Cc1ccc(Sc2ccc(/C=C(/C#N)c3nc4ccc(C)cc4[nH]3)o2)cc1. The van der Waals surface area contributed by atoms with Crippen LogP contribution in [0.1, 0.15) is 22.7 Å². The standard InChI is InChI=1S/C22H17N3OS/c1-14-3-7-18(8-4-14)27-21-10-6-17(26-21)12-16(13-23)22-24-19-9-5-15(2)11-20(19)25-22/h3-12H,1-2H3,(H,24,25)/b16-12-. The number of rotatable bonds is 4. The quantitative estimate of drug-likeness (QED) is 0.448. The van der Waals surface area contributed by atoms with E-state index in [-0.39, 0.29) is 0 Å². The molecule has 0 amide bonds. The molecule has 2 aromatic carbocycles. The van der Waals surface area contributed by atoms with Crippen LogP contribution in [-0.4, -0.2) is 9.97 Å². The molecule has 0 atom stereocenters. The highest BCUT2D eigenvalue weighted by Gasteiger charge is 2.10. The van der Waals surface area contributed by atoms with Gasteiger partial charge >= 0.3 is 0 Å². The number of allylic oxidation sites excluding steroid dienone is 1. The Bertz CT molecular complexity index is 1180. The molecule has 4 aromatic rings. The van der Waals surface area contributed by atoms with Crippen LogP contribution >= 0.6 is 11.8 Å². The maximum Gasteiger partial charge on any atom is 0.165 e. The van der Waals surface area contributed by atoms with Crippen molar-refractivity contribution in [2.75, 3.05) is 0 Å². The molecule has 0 fully saturated rings. The lowest BCUT2D eigenvalue weighted by Gasteiger charge is -1.98. The lowest BCUT2D eigenvalue weighted by molar-refractivity contribution is 0.466. The zero-order valence-electron chi connectivity index (χ0n) is 15.0. The van der Waals surface area contributed by atoms with E-state index < -0.39 is 0 Å². The fourth-order valence-electron chi connectivity index (χ4n) is 2.74. The van der Waals surface area contributed by atoms with Gasteiger partial charge in [0.05, 0.1) is 16.6 Å². The van der Waals surface area contributed by atoms with Gasteiger partial charge < -0.3 is 9.40 Å². The Morgan fingerprint density at radius 3 is 2.63 bits per heavy atom. The first kappa shape index (κ1) is 17.2. The van der Waals surface area contributed by atoms with E-state index in [2.05, 4.69) is 47.2 Å². The first-order valence-corrected chi connectivity index (χ1v) is 9.35. The van der Waals surface area contributed by atoms with Gasteiger partial charge in [0.2, 0.25) is 0 Å². The summed E-state index contributed by atoms with van der Waals surface area (Å²) in [5.41, 5.74) is 4.56. The Kier molecular flexibility index (Phi) is 4.57. The van der Waals surface area contributed by atoms with Crippen LogP contribution in [0, 0.1) is 25.2 Å². The monoisotopic (exact) mass is 371 g/mol. The van der Waals surface area contributed by atoms with Crippen LogP contribution in [0.3, 0.4) is 0 Å². The molecule has 0 aliphatic heterocycles. The minimum atomic E-state index is 0.435. The summed E-state index contributed by atoms with van der Waals surface area (Å²) >= 11 is 1.55. The summed E-state index contributed by atoms with van der Waals surface area (Å²) in [6, 6.07) is 20.2. The van der Waals surface area contributed by atoms with E-state index >= 15 is 0 Å². The van der Waals surface area contributed by atoms with Crippen molar-refractivity contribution in [1.82, 2.24) is 9.97 Å². The molecule has 0 unspecified atom stereocenters. The van der Waals surface area contributed by atoms with E-state index in [0.29, 0.717) is 17.2 Å². The smallest absolute Gasteiger partial charge is 0.165 e. The van der Waals surface area contributed by atoms with Crippen LogP contribution in [0.5, 0.6) is 0 Å². The maximum atomic E-state index is 9.56. The lowest BCUT2D eigenvalue weighted by atomic mass is 10.2. The molecule has 0 saturated heterocycles. The predicted octanol–water partition coefficient (Wildman–Crippen LogP) is 5.99. The average molecular weight is 371 g/mol. The van der Waals surface area contributed by atoms with E-state index in [0.717, 1.165) is 26.6 Å². The van der Waals surface area contributed by atoms with Gasteiger partial charge in [-0.3, -0.25) is 0 Å². The molecule has 0 bridgehead atoms. The number of H-pyrrole nitrogens is 1. The number of aromatic amines is 1. The average Bonchev–Trinajstić information content (AvgIpc) is 3.27. The van der Waals surface area contributed by atoms with Gasteiger partial charge in [-0.1, -0.05) is 35.5 Å². The third kappa shape index (κ3) is 3.81. The Balaban J connectivity index is 1.60. The van der Waals surface area contributed by atoms with E-state index in [1.54, 1.807) is 17.8 Å². The fourth-order valence-corrected chi connectivity index (χ4v) is 3.51. The molecule has 2 aromatic heterocycles. The summed E-state index contributed by atoms with van der Waals surface area (Å²) in [5.74, 6) is 1.17. The van der Waals surface area contributed by atoms with Gasteiger partial charge in [0.25, 0.3) is 0 Å². The van der Waals surface area contributed by atoms with E-state index in [1.165, 1.54) is 5.56 Å². The highest BCUT2D eigenvalue weighted by atomic mass is 32.2. The highest BCUT2D eigenvalue weighted by molar-refractivity contribution is 7.99. The summed E-state index contributed by atoms with van der Waals surface area (Å²) in [7, 11) is 0. The number of benzene rings is 2. The summed E-state index contributed by atoms with van der Waals surface area (Å²) in [4.78, 5) is 8.83. The van der Waals surface area contributed by atoms with Crippen molar-refractivity contribution in [2.45, 2.75) is 23.8 Å². The predicted molar refractivity (Wildman–Crippen MR) is 108 cm³/mol. The molecule has 0 saturated carbocycles. The van der Waals surface area contributed by atoms with Crippen molar-refractivity contribution in [3.8, 4) is 6.07 Å². The Morgan fingerprint density at radius 1 is 1.07 bits per heavy atom.